The van der Waals surface area contributed by atoms with Crippen molar-refractivity contribution < 1.29 is 4.42 Å². The Hall–Kier alpha value is -6.82. The zero-order chi connectivity index (χ0) is 37.3. The van der Waals surface area contributed by atoms with E-state index in [9.17, 15) is 0 Å². The quantitative estimate of drug-likeness (QED) is 0.191. The minimum atomic E-state index is -0.372. The average molecular weight is 738 g/mol. The molecule has 4 nitrogen and oxygen atoms in total. The minimum Gasteiger partial charge on any atom is -0.455 e. The second-order valence-electron chi connectivity index (χ2n) is 14.6. The number of hydrogen-bond acceptors (Lipinski definition) is 5. The van der Waals surface area contributed by atoms with Crippen molar-refractivity contribution in [3.63, 3.8) is 0 Å². The zero-order valence-corrected chi connectivity index (χ0v) is 31.7. The Bertz CT molecular complexity index is 3330. The molecule has 0 fully saturated rings. The molecule has 0 saturated carbocycles. The van der Waals surface area contributed by atoms with Gasteiger partial charge in [-0.2, -0.15) is 0 Å². The van der Waals surface area contributed by atoms with Crippen molar-refractivity contribution in [1.82, 2.24) is 5.32 Å². The number of nitrogens with one attached hydrogen (secondary N) is 1. The van der Waals surface area contributed by atoms with Crippen molar-refractivity contribution in [3.8, 4) is 11.1 Å². The Kier molecular flexibility index (Phi) is 7.51. The number of fused-ring (bicyclic) bond motifs is 8. The van der Waals surface area contributed by atoms with E-state index in [0.29, 0.717) is 5.84 Å². The summed E-state index contributed by atoms with van der Waals surface area (Å²) < 4.78 is 9.29. The third-order valence-corrected chi connectivity index (χ3v) is 12.4. The summed E-state index contributed by atoms with van der Waals surface area (Å²) in [7, 11) is 0. The standard InChI is InChI=1S/C51H35N3OS/c1-3-10-31-19-21-33-22-24-36(28-42(33)30(31)2)49-52-50(37-25-26-46-43(29-37)39-13-6-7-18-45(39)56-46)54-51(53-49)41-16-9-17-44-47(41)40-15-8-14-38(48(40)55-44)35-23-20-32-11-4-5-12-34(32)27-35/h3-29,49H,1-2H3,(H,52,53,54)/b10-3-. The number of rotatable bonds is 5. The number of amidine groups is 2. The lowest BCUT2D eigenvalue weighted by Crippen LogP contribution is -2.33. The van der Waals surface area contributed by atoms with E-state index in [2.05, 4.69) is 183 Å². The smallest absolute Gasteiger partial charge is 0.159 e. The maximum Gasteiger partial charge on any atom is 0.159 e. The van der Waals surface area contributed by atoms with Gasteiger partial charge in [-0.25, -0.2) is 9.98 Å². The lowest BCUT2D eigenvalue weighted by molar-refractivity contribution is 0.669. The highest BCUT2D eigenvalue weighted by atomic mass is 32.1. The van der Waals surface area contributed by atoms with E-state index in [1.54, 1.807) is 0 Å². The summed E-state index contributed by atoms with van der Waals surface area (Å²) in [5, 5.41) is 13.2. The molecule has 1 unspecified atom stereocenters. The number of allylic oxidation sites excluding steroid dienone is 1. The summed E-state index contributed by atoms with van der Waals surface area (Å²) in [6, 6.07) is 54.2. The molecule has 0 aliphatic carbocycles. The molecule has 11 rings (SSSR count). The molecule has 1 N–H and O–H groups in total. The van der Waals surface area contributed by atoms with Gasteiger partial charge in [-0.1, -0.05) is 121 Å². The van der Waals surface area contributed by atoms with Crippen molar-refractivity contribution in [3.05, 3.63) is 186 Å². The molecule has 2 aromatic heterocycles. The Morgan fingerprint density at radius 1 is 0.625 bits per heavy atom. The number of benzene rings is 8. The molecule has 5 heteroatoms. The van der Waals surface area contributed by atoms with Crippen molar-refractivity contribution in [1.29, 1.82) is 0 Å². The fourth-order valence-electron chi connectivity index (χ4n) is 8.41. The molecule has 10 aromatic rings. The van der Waals surface area contributed by atoms with Gasteiger partial charge in [-0.3, -0.25) is 0 Å². The molecular formula is C51H35N3OS. The van der Waals surface area contributed by atoms with Gasteiger partial charge in [0.05, 0.1) is 0 Å². The Morgan fingerprint density at radius 2 is 1.39 bits per heavy atom. The number of hydrogen-bond donors (Lipinski definition) is 1. The Morgan fingerprint density at radius 3 is 2.32 bits per heavy atom. The number of nitrogens with zero attached hydrogens (tertiary/aromatic N) is 2. The molecule has 1 aliphatic heterocycles. The van der Waals surface area contributed by atoms with Gasteiger partial charge in [0.2, 0.25) is 0 Å². The van der Waals surface area contributed by atoms with Gasteiger partial charge in [0.25, 0.3) is 0 Å². The molecule has 8 aromatic carbocycles. The van der Waals surface area contributed by atoms with E-state index in [1.165, 1.54) is 52.8 Å². The molecule has 266 valence electrons. The van der Waals surface area contributed by atoms with Crippen molar-refractivity contribution >= 4 is 92.7 Å². The molecule has 0 spiro atoms. The van der Waals surface area contributed by atoms with E-state index < -0.39 is 0 Å². The predicted molar refractivity (Wildman–Crippen MR) is 238 cm³/mol. The van der Waals surface area contributed by atoms with Crippen molar-refractivity contribution in [2.45, 2.75) is 20.0 Å². The number of para-hydroxylation sites is 1. The average Bonchev–Trinajstić information content (AvgIpc) is 3.83. The van der Waals surface area contributed by atoms with E-state index >= 15 is 0 Å². The highest BCUT2D eigenvalue weighted by Crippen LogP contribution is 2.40. The van der Waals surface area contributed by atoms with Crippen LogP contribution in [-0.4, -0.2) is 11.7 Å². The molecule has 0 amide bonds. The van der Waals surface area contributed by atoms with E-state index in [-0.39, 0.29) is 6.17 Å². The molecule has 1 atom stereocenters. The Balaban J connectivity index is 1.10. The first-order chi connectivity index (χ1) is 27.6. The van der Waals surface area contributed by atoms with Crippen LogP contribution in [-0.2, 0) is 0 Å². The van der Waals surface area contributed by atoms with Crippen LogP contribution >= 0.6 is 11.3 Å². The van der Waals surface area contributed by atoms with E-state index in [4.69, 9.17) is 14.4 Å². The maximum absolute atomic E-state index is 6.76. The third-order valence-electron chi connectivity index (χ3n) is 11.2. The minimum absolute atomic E-state index is 0.372. The van der Waals surface area contributed by atoms with Gasteiger partial charge < -0.3 is 9.73 Å². The molecule has 0 radical (unpaired) electrons. The van der Waals surface area contributed by atoms with E-state index in [1.807, 2.05) is 11.3 Å². The van der Waals surface area contributed by atoms with Crippen LogP contribution in [0.2, 0.25) is 0 Å². The normalized spacial score (nSPS) is 14.7. The molecule has 0 bridgehead atoms. The largest absolute Gasteiger partial charge is 0.455 e. The molecule has 0 saturated heterocycles. The lowest BCUT2D eigenvalue weighted by atomic mass is 9.96. The van der Waals surface area contributed by atoms with Crippen LogP contribution in [0.5, 0.6) is 0 Å². The van der Waals surface area contributed by atoms with Crippen LogP contribution in [0.15, 0.2) is 172 Å². The van der Waals surface area contributed by atoms with Gasteiger partial charge in [0.1, 0.15) is 23.2 Å². The van der Waals surface area contributed by atoms with Crippen molar-refractivity contribution in [2.75, 3.05) is 0 Å². The number of thiophene rings is 1. The number of aliphatic imine (C=N–C) groups is 2. The third kappa shape index (κ3) is 5.27. The maximum atomic E-state index is 6.76. The molecular weight excluding hydrogens is 703 g/mol. The second-order valence-corrected chi connectivity index (χ2v) is 15.6. The van der Waals surface area contributed by atoms with Crippen LogP contribution in [0.1, 0.15) is 40.9 Å². The summed E-state index contributed by atoms with van der Waals surface area (Å²) in [6.45, 7) is 4.27. The van der Waals surface area contributed by atoms with Crippen LogP contribution in [0.3, 0.4) is 0 Å². The highest BCUT2D eigenvalue weighted by molar-refractivity contribution is 7.25. The summed E-state index contributed by atoms with van der Waals surface area (Å²) >= 11 is 1.82. The summed E-state index contributed by atoms with van der Waals surface area (Å²) in [6.07, 6.45) is 3.90. The van der Waals surface area contributed by atoms with Crippen LogP contribution < -0.4 is 5.32 Å². The molecule has 1 aliphatic rings. The first kappa shape index (κ1) is 32.6. The second kappa shape index (κ2) is 12.9. The monoisotopic (exact) mass is 737 g/mol. The van der Waals surface area contributed by atoms with Gasteiger partial charge >= 0.3 is 0 Å². The first-order valence-corrected chi connectivity index (χ1v) is 19.9. The number of aryl methyl sites for hydroxylation is 1. The highest BCUT2D eigenvalue weighted by Gasteiger charge is 2.25. The summed E-state index contributed by atoms with van der Waals surface area (Å²) in [4.78, 5) is 10.7. The Labute approximate surface area is 327 Å². The van der Waals surface area contributed by atoms with Crippen LogP contribution in [0.25, 0.3) is 80.9 Å². The fraction of sp³-hybridized carbons (Fsp3) is 0.0588. The summed E-state index contributed by atoms with van der Waals surface area (Å²) in [5.74, 6) is 1.46. The predicted octanol–water partition coefficient (Wildman–Crippen LogP) is 13.8. The van der Waals surface area contributed by atoms with Gasteiger partial charge in [-0.05, 0) is 100 Å². The SMILES string of the molecule is C/C=C\c1ccc2ccc(C3N=C(c4ccc5sc6ccccc6c5c4)N=C(c4cccc5oc6c(-c7ccc8ccccc8c7)cccc6c45)N3)cc2c1C. The molecule has 56 heavy (non-hydrogen) atoms. The van der Waals surface area contributed by atoms with Crippen LogP contribution in [0, 0.1) is 6.92 Å². The van der Waals surface area contributed by atoms with Gasteiger partial charge in [0, 0.05) is 47.6 Å². The number of furan rings is 1. The van der Waals surface area contributed by atoms with E-state index in [0.717, 1.165) is 55.6 Å². The topological polar surface area (TPSA) is 49.9 Å². The van der Waals surface area contributed by atoms with Gasteiger partial charge in [-0.15, -0.1) is 11.3 Å². The molecule has 3 heterocycles. The van der Waals surface area contributed by atoms with Crippen LogP contribution in [0.4, 0.5) is 0 Å². The van der Waals surface area contributed by atoms with Crippen molar-refractivity contribution in [2.24, 2.45) is 9.98 Å². The lowest BCUT2D eigenvalue weighted by Gasteiger charge is -2.24. The summed E-state index contributed by atoms with van der Waals surface area (Å²) in [5.41, 5.74) is 9.38. The van der Waals surface area contributed by atoms with Gasteiger partial charge in [0.15, 0.2) is 5.84 Å². The zero-order valence-electron chi connectivity index (χ0n) is 30.9. The fourth-order valence-corrected chi connectivity index (χ4v) is 9.50. The first-order valence-electron chi connectivity index (χ1n) is 19.0.